The molecule has 9 heteroatoms. The normalized spacial score (nSPS) is 11.0. The molecule has 0 aliphatic heterocycles. The fourth-order valence-corrected chi connectivity index (χ4v) is 2.26. The summed E-state index contributed by atoms with van der Waals surface area (Å²) >= 11 is 0. The van der Waals surface area contributed by atoms with Crippen molar-refractivity contribution >= 4 is 11.6 Å². The number of amides is 1. The third-order valence-electron chi connectivity index (χ3n) is 3.60. The number of anilines is 1. The summed E-state index contributed by atoms with van der Waals surface area (Å²) in [5.74, 6) is -0.174. The number of rotatable bonds is 5. The first kappa shape index (κ1) is 19.2. The highest BCUT2D eigenvalue weighted by atomic mass is 19.4. The minimum absolute atomic E-state index is 0.185. The Labute approximate surface area is 158 Å². The molecule has 0 radical (unpaired) electrons. The van der Waals surface area contributed by atoms with Crippen molar-refractivity contribution in [2.75, 3.05) is 11.9 Å². The van der Waals surface area contributed by atoms with Gasteiger partial charge in [-0.3, -0.25) is 9.78 Å². The van der Waals surface area contributed by atoms with Crippen LogP contribution in [0.15, 0.2) is 67.1 Å². The molecule has 2 aromatic heterocycles. The van der Waals surface area contributed by atoms with Gasteiger partial charge < -0.3 is 14.4 Å². The van der Waals surface area contributed by atoms with Crippen molar-refractivity contribution in [3.05, 3.63) is 72.7 Å². The third-order valence-corrected chi connectivity index (χ3v) is 3.60. The van der Waals surface area contributed by atoms with Crippen LogP contribution in [0.1, 0.15) is 10.4 Å². The van der Waals surface area contributed by atoms with E-state index in [1.165, 1.54) is 29.3 Å². The molecule has 0 aliphatic carbocycles. The van der Waals surface area contributed by atoms with Crippen LogP contribution in [0.25, 0.3) is 0 Å². The van der Waals surface area contributed by atoms with Crippen LogP contribution in [0.2, 0.25) is 0 Å². The minimum atomic E-state index is -4.75. The molecular weight excluding hydrogens is 375 g/mol. The second-order valence-corrected chi connectivity index (χ2v) is 5.58. The molecule has 0 bridgehead atoms. The van der Waals surface area contributed by atoms with Gasteiger partial charge in [-0.2, -0.15) is 0 Å². The molecule has 144 valence electrons. The van der Waals surface area contributed by atoms with Gasteiger partial charge in [0.05, 0.1) is 17.4 Å². The maximum absolute atomic E-state index is 12.5. The average Bonchev–Trinajstić information content (AvgIpc) is 2.68. The van der Waals surface area contributed by atoms with Gasteiger partial charge in [-0.1, -0.05) is 0 Å². The highest BCUT2D eigenvalue weighted by Crippen LogP contribution is 2.26. The van der Waals surface area contributed by atoms with Crippen LogP contribution in [-0.2, 0) is 0 Å². The van der Waals surface area contributed by atoms with Gasteiger partial charge in [-0.15, -0.1) is 13.2 Å². The topological polar surface area (TPSA) is 64.6 Å². The van der Waals surface area contributed by atoms with Crippen molar-refractivity contribution < 1.29 is 27.4 Å². The van der Waals surface area contributed by atoms with Crippen molar-refractivity contribution in [3.63, 3.8) is 0 Å². The number of nitrogens with zero attached hydrogens (tertiary/aromatic N) is 3. The summed E-state index contributed by atoms with van der Waals surface area (Å²) in [6.45, 7) is 0. The maximum atomic E-state index is 12.5. The Hall–Kier alpha value is -3.62. The molecule has 0 N–H and O–H groups in total. The maximum Gasteiger partial charge on any atom is 0.573 e. The molecule has 1 amide bonds. The highest BCUT2D eigenvalue weighted by molar-refractivity contribution is 6.05. The largest absolute Gasteiger partial charge is 0.573 e. The average molecular weight is 389 g/mol. The molecule has 0 fully saturated rings. The van der Waals surface area contributed by atoms with Crippen LogP contribution in [0, 0.1) is 0 Å². The molecule has 0 saturated heterocycles. The van der Waals surface area contributed by atoms with E-state index in [9.17, 15) is 18.0 Å². The molecule has 0 atom stereocenters. The van der Waals surface area contributed by atoms with E-state index in [4.69, 9.17) is 4.74 Å². The predicted molar refractivity (Wildman–Crippen MR) is 94.4 cm³/mol. The molecule has 0 unspecified atom stereocenters. The Morgan fingerprint density at radius 3 is 2.29 bits per heavy atom. The molecule has 2 heterocycles. The standard InChI is InChI=1S/C19H14F3N3O3/c1-25(14-3-2-10-23-12-14)18(26)13-4-9-17(24-11-13)27-15-5-7-16(8-6-15)28-19(20,21)22/h2-12H,1H3. The van der Waals surface area contributed by atoms with Crippen molar-refractivity contribution in [1.29, 1.82) is 0 Å². The highest BCUT2D eigenvalue weighted by Gasteiger charge is 2.31. The van der Waals surface area contributed by atoms with E-state index < -0.39 is 6.36 Å². The Bertz CT molecular complexity index is 931. The smallest absolute Gasteiger partial charge is 0.439 e. The number of hydrogen-bond acceptors (Lipinski definition) is 5. The van der Waals surface area contributed by atoms with Gasteiger partial charge in [0, 0.05) is 25.5 Å². The SMILES string of the molecule is CN(C(=O)c1ccc(Oc2ccc(OC(F)(F)F)cc2)nc1)c1cccnc1. The number of benzene rings is 1. The number of alkyl halides is 3. The van der Waals surface area contributed by atoms with E-state index in [-0.39, 0.29) is 23.3 Å². The van der Waals surface area contributed by atoms with Gasteiger partial charge in [-0.25, -0.2) is 4.98 Å². The van der Waals surface area contributed by atoms with Gasteiger partial charge in [0.1, 0.15) is 11.5 Å². The number of aromatic nitrogens is 2. The van der Waals surface area contributed by atoms with Crippen LogP contribution in [-0.4, -0.2) is 29.3 Å². The molecule has 28 heavy (non-hydrogen) atoms. The molecule has 3 rings (SSSR count). The molecule has 1 aromatic carbocycles. The van der Waals surface area contributed by atoms with E-state index in [1.807, 2.05) is 0 Å². The summed E-state index contributed by atoms with van der Waals surface area (Å²) in [6.07, 6.45) is -0.229. The molecule has 0 aliphatic rings. The summed E-state index contributed by atoms with van der Waals surface area (Å²) in [6, 6.07) is 11.4. The van der Waals surface area contributed by atoms with Crippen LogP contribution >= 0.6 is 0 Å². The van der Waals surface area contributed by atoms with E-state index in [2.05, 4.69) is 14.7 Å². The summed E-state index contributed by atoms with van der Waals surface area (Å²) in [5, 5.41) is 0. The lowest BCUT2D eigenvalue weighted by molar-refractivity contribution is -0.274. The van der Waals surface area contributed by atoms with Gasteiger partial charge in [0.25, 0.3) is 5.91 Å². The number of carbonyl (C=O) groups excluding carboxylic acids is 1. The lowest BCUT2D eigenvalue weighted by Crippen LogP contribution is -2.26. The molecular formula is C19H14F3N3O3. The van der Waals surface area contributed by atoms with E-state index in [0.717, 1.165) is 12.1 Å². The second-order valence-electron chi connectivity index (χ2n) is 5.58. The van der Waals surface area contributed by atoms with Crippen LogP contribution in [0.5, 0.6) is 17.4 Å². The third kappa shape index (κ3) is 4.97. The van der Waals surface area contributed by atoms with Crippen molar-refractivity contribution in [2.24, 2.45) is 0 Å². The van der Waals surface area contributed by atoms with Gasteiger partial charge in [0.15, 0.2) is 0 Å². The zero-order valence-electron chi connectivity index (χ0n) is 14.6. The van der Waals surface area contributed by atoms with E-state index >= 15 is 0 Å². The molecule has 0 saturated carbocycles. The second kappa shape index (κ2) is 7.95. The minimum Gasteiger partial charge on any atom is -0.439 e. The summed E-state index contributed by atoms with van der Waals surface area (Å²) in [4.78, 5) is 21.9. The Kier molecular flexibility index (Phi) is 5.44. The molecule has 3 aromatic rings. The van der Waals surface area contributed by atoms with E-state index in [0.29, 0.717) is 11.3 Å². The molecule has 6 nitrogen and oxygen atoms in total. The van der Waals surface area contributed by atoms with Crippen LogP contribution in [0.4, 0.5) is 18.9 Å². The monoisotopic (exact) mass is 389 g/mol. The lowest BCUT2D eigenvalue weighted by Gasteiger charge is -2.16. The Morgan fingerprint density at radius 2 is 1.71 bits per heavy atom. The summed E-state index contributed by atoms with van der Waals surface area (Å²) < 4.78 is 45.7. The quantitative estimate of drug-likeness (QED) is 0.645. The van der Waals surface area contributed by atoms with Crippen molar-refractivity contribution in [2.45, 2.75) is 6.36 Å². The van der Waals surface area contributed by atoms with Gasteiger partial charge in [-0.05, 0) is 42.5 Å². The first-order chi connectivity index (χ1) is 13.3. The van der Waals surface area contributed by atoms with Gasteiger partial charge >= 0.3 is 6.36 Å². The van der Waals surface area contributed by atoms with Gasteiger partial charge in [0.2, 0.25) is 5.88 Å². The first-order valence-corrected chi connectivity index (χ1v) is 7.99. The Balaban J connectivity index is 1.65. The zero-order valence-corrected chi connectivity index (χ0v) is 14.6. The summed E-state index contributed by atoms with van der Waals surface area (Å²) in [5.41, 5.74) is 0.974. The fourth-order valence-electron chi connectivity index (χ4n) is 2.26. The summed E-state index contributed by atoms with van der Waals surface area (Å²) in [7, 11) is 1.62. The number of pyridine rings is 2. The predicted octanol–water partition coefficient (Wildman–Crippen LogP) is 4.44. The van der Waals surface area contributed by atoms with E-state index in [1.54, 1.807) is 37.6 Å². The lowest BCUT2D eigenvalue weighted by atomic mass is 10.2. The van der Waals surface area contributed by atoms with Crippen LogP contribution < -0.4 is 14.4 Å². The van der Waals surface area contributed by atoms with Crippen molar-refractivity contribution in [1.82, 2.24) is 9.97 Å². The number of ether oxygens (including phenoxy) is 2. The number of halogens is 3. The van der Waals surface area contributed by atoms with Crippen molar-refractivity contribution in [3.8, 4) is 17.4 Å². The fraction of sp³-hybridized carbons (Fsp3) is 0.105. The zero-order chi connectivity index (χ0) is 20.1. The number of hydrogen-bond donors (Lipinski definition) is 0. The van der Waals surface area contributed by atoms with Crippen LogP contribution in [0.3, 0.4) is 0 Å². The number of carbonyl (C=O) groups is 1. The Morgan fingerprint density at radius 1 is 1.00 bits per heavy atom. The molecule has 0 spiro atoms. The first-order valence-electron chi connectivity index (χ1n) is 7.99.